The number of phosphoric ester groups is 1. The summed E-state index contributed by atoms with van der Waals surface area (Å²) >= 11 is 0. The SMILES string of the molecule is CCCCCC/C=C/CC/C=C/C(O)C(COP(=O)(O)OCCN)NC(=O)CCCCCCCCCCCCC/C=C\C/C=C\CCCCCCC. The molecule has 1 amide bonds. The highest BCUT2D eigenvalue weighted by molar-refractivity contribution is 7.47. The van der Waals surface area contributed by atoms with E-state index >= 15 is 0 Å². The summed E-state index contributed by atoms with van der Waals surface area (Å²) in [5.41, 5.74) is 5.36. The van der Waals surface area contributed by atoms with Gasteiger partial charge in [0.2, 0.25) is 5.91 Å². The zero-order chi connectivity index (χ0) is 38.2. The Bertz CT molecular complexity index is 954. The van der Waals surface area contributed by atoms with Gasteiger partial charge < -0.3 is 21.1 Å². The van der Waals surface area contributed by atoms with E-state index in [1.165, 1.54) is 122 Å². The fourth-order valence-electron chi connectivity index (χ4n) is 5.88. The highest BCUT2D eigenvalue weighted by atomic mass is 31.2. The second kappa shape index (κ2) is 39.2. The summed E-state index contributed by atoms with van der Waals surface area (Å²) < 4.78 is 22.0. The molecule has 0 aromatic heterocycles. The van der Waals surface area contributed by atoms with E-state index in [1.807, 2.05) is 6.08 Å². The van der Waals surface area contributed by atoms with Gasteiger partial charge in [-0.1, -0.05) is 165 Å². The molecule has 0 aromatic rings. The number of carbonyl (C=O) groups excluding carboxylic acids is 1. The van der Waals surface area contributed by atoms with Gasteiger partial charge in [-0.05, 0) is 64.2 Å². The van der Waals surface area contributed by atoms with Crippen LogP contribution in [0.15, 0.2) is 48.6 Å². The molecule has 0 heterocycles. The van der Waals surface area contributed by atoms with Crippen molar-refractivity contribution in [1.82, 2.24) is 5.32 Å². The molecule has 0 radical (unpaired) electrons. The van der Waals surface area contributed by atoms with Gasteiger partial charge in [-0.3, -0.25) is 13.8 Å². The third-order valence-electron chi connectivity index (χ3n) is 9.13. The maximum Gasteiger partial charge on any atom is 0.472 e. The fourth-order valence-corrected chi connectivity index (χ4v) is 6.64. The summed E-state index contributed by atoms with van der Waals surface area (Å²) in [6, 6.07) is -0.877. The Balaban J connectivity index is 4.11. The first kappa shape index (κ1) is 50.5. The second-order valence-electron chi connectivity index (χ2n) is 14.2. The van der Waals surface area contributed by atoms with Crippen LogP contribution in [0.1, 0.15) is 187 Å². The summed E-state index contributed by atoms with van der Waals surface area (Å²) in [6.07, 6.45) is 47.4. The van der Waals surface area contributed by atoms with Gasteiger partial charge in [0.15, 0.2) is 0 Å². The zero-order valence-electron chi connectivity index (χ0n) is 33.5. The van der Waals surface area contributed by atoms with E-state index in [-0.39, 0.29) is 25.7 Å². The molecule has 0 aromatic carbocycles. The number of nitrogens with two attached hydrogens (primary N) is 1. The average Bonchev–Trinajstić information content (AvgIpc) is 3.13. The highest BCUT2D eigenvalue weighted by Gasteiger charge is 2.26. The van der Waals surface area contributed by atoms with Crippen LogP contribution in [0.4, 0.5) is 0 Å². The topological polar surface area (TPSA) is 131 Å². The lowest BCUT2D eigenvalue weighted by Crippen LogP contribution is -2.45. The van der Waals surface area contributed by atoms with Crippen LogP contribution >= 0.6 is 7.82 Å². The molecule has 0 bridgehead atoms. The minimum absolute atomic E-state index is 0.0723. The number of nitrogens with one attached hydrogen (secondary N) is 1. The number of hydrogen-bond donors (Lipinski definition) is 4. The maximum absolute atomic E-state index is 12.7. The Kier molecular flexibility index (Phi) is 38.0. The van der Waals surface area contributed by atoms with Gasteiger partial charge in [0.25, 0.3) is 0 Å². The van der Waals surface area contributed by atoms with Crippen LogP contribution in [0.2, 0.25) is 0 Å². The van der Waals surface area contributed by atoms with Crippen molar-refractivity contribution in [2.75, 3.05) is 19.8 Å². The molecule has 0 aliphatic rings. The molecule has 0 saturated heterocycles. The number of carbonyl (C=O) groups is 1. The van der Waals surface area contributed by atoms with Gasteiger partial charge in [-0.15, -0.1) is 0 Å². The van der Waals surface area contributed by atoms with Gasteiger partial charge in [0.1, 0.15) is 0 Å². The summed E-state index contributed by atoms with van der Waals surface area (Å²) in [4.78, 5) is 22.6. The molecule has 0 spiro atoms. The summed E-state index contributed by atoms with van der Waals surface area (Å²) in [5, 5.41) is 13.6. The lowest BCUT2D eigenvalue weighted by atomic mass is 10.0. The molecule has 3 unspecified atom stereocenters. The maximum atomic E-state index is 12.7. The molecule has 52 heavy (non-hydrogen) atoms. The number of aliphatic hydroxyl groups excluding tert-OH is 1. The first-order chi connectivity index (χ1) is 25.4. The van der Waals surface area contributed by atoms with E-state index in [1.54, 1.807) is 6.08 Å². The van der Waals surface area contributed by atoms with Gasteiger partial charge in [0, 0.05) is 13.0 Å². The van der Waals surface area contributed by atoms with Crippen molar-refractivity contribution >= 4 is 13.7 Å². The summed E-state index contributed by atoms with van der Waals surface area (Å²) in [7, 11) is -4.34. The van der Waals surface area contributed by atoms with Crippen molar-refractivity contribution in [3.63, 3.8) is 0 Å². The Morgan fingerprint density at radius 2 is 1.08 bits per heavy atom. The van der Waals surface area contributed by atoms with Crippen molar-refractivity contribution in [3.8, 4) is 0 Å². The molecule has 9 heteroatoms. The Morgan fingerprint density at radius 1 is 0.635 bits per heavy atom. The highest BCUT2D eigenvalue weighted by Crippen LogP contribution is 2.43. The molecule has 8 nitrogen and oxygen atoms in total. The molecule has 3 atom stereocenters. The smallest absolute Gasteiger partial charge is 0.387 e. The molecule has 304 valence electrons. The van der Waals surface area contributed by atoms with Crippen molar-refractivity contribution in [2.24, 2.45) is 5.73 Å². The van der Waals surface area contributed by atoms with Crippen LogP contribution in [0.3, 0.4) is 0 Å². The second-order valence-corrected chi connectivity index (χ2v) is 15.6. The molecule has 0 aliphatic carbocycles. The fraction of sp³-hybridized carbons (Fsp3) is 0.791. The summed E-state index contributed by atoms with van der Waals surface area (Å²) in [6.45, 7) is 4.05. The number of rotatable bonds is 39. The van der Waals surface area contributed by atoms with Crippen molar-refractivity contribution in [3.05, 3.63) is 48.6 Å². The van der Waals surface area contributed by atoms with Crippen LogP contribution in [0.25, 0.3) is 0 Å². The van der Waals surface area contributed by atoms with Crippen molar-refractivity contribution in [2.45, 2.75) is 199 Å². The number of phosphoric acid groups is 1. The number of allylic oxidation sites excluding steroid dienone is 7. The predicted octanol–water partition coefficient (Wildman–Crippen LogP) is 11.7. The van der Waals surface area contributed by atoms with Gasteiger partial charge >= 0.3 is 7.82 Å². The first-order valence-electron chi connectivity index (χ1n) is 21.3. The lowest BCUT2D eigenvalue weighted by molar-refractivity contribution is -0.123. The third-order valence-corrected chi connectivity index (χ3v) is 10.1. The summed E-state index contributed by atoms with van der Waals surface area (Å²) in [5.74, 6) is -0.210. The van der Waals surface area contributed by atoms with Crippen molar-refractivity contribution < 1.29 is 28.4 Å². The number of hydrogen-bond acceptors (Lipinski definition) is 6. The van der Waals surface area contributed by atoms with Gasteiger partial charge in [0.05, 0.1) is 25.4 Å². The van der Waals surface area contributed by atoms with E-state index in [2.05, 4.69) is 55.6 Å². The number of unbranched alkanes of at least 4 members (excludes halogenated alkanes) is 21. The minimum Gasteiger partial charge on any atom is -0.387 e. The zero-order valence-corrected chi connectivity index (χ0v) is 34.4. The van der Waals surface area contributed by atoms with E-state index in [4.69, 9.17) is 14.8 Å². The molecule has 0 fully saturated rings. The molecule has 0 aliphatic heterocycles. The first-order valence-corrected chi connectivity index (χ1v) is 22.8. The standard InChI is InChI=1S/C43H81N2O6P/c1-3-5-7-9-11-13-15-16-17-18-19-20-21-22-23-24-25-26-27-29-31-33-35-37-43(47)45-41(40-51-52(48,49)50-39-38-44)42(46)36-34-32-30-28-14-12-10-8-6-4-2/h14-16,18-19,28,34,36,41-42,46H,3-13,17,20-27,29-33,35,37-40,44H2,1-2H3,(H,45,47)(H,48,49)/b16-15-,19-18-,28-14+,36-34+. The Labute approximate surface area is 320 Å². The van der Waals surface area contributed by atoms with E-state index in [0.717, 1.165) is 44.9 Å². The Hall–Kier alpha value is -1.54. The van der Waals surface area contributed by atoms with E-state index in [0.29, 0.717) is 6.42 Å². The van der Waals surface area contributed by atoms with Crippen LogP contribution in [0.5, 0.6) is 0 Å². The van der Waals surface area contributed by atoms with Gasteiger partial charge in [-0.25, -0.2) is 4.57 Å². The van der Waals surface area contributed by atoms with Crippen LogP contribution in [-0.4, -0.2) is 47.8 Å². The quantitative estimate of drug-likeness (QED) is 0.0279. The Morgan fingerprint density at radius 3 is 1.62 bits per heavy atom. The van der Waals surface area contributed by atoms with Crippen molar-refractivity contribution in [1.29, 1.82) is 0 Å². The normalized spacial score (nSPS) is 14.6. The lowest BCUT2D eigenvalue weighted by Gasteiger charge is -2.23. The predicted molar refractivity (Wildman–Crippen MR) is 221 cm³/mol. The van der Waals surface area contributed by atoms with Crippen LogP contribution in [-0.2, 0) is 18.4 Å². The molecule has 0 rings (SSSR count). The van der Waals surface area contributed by atoms with Crippen LogP contribution < -0.4 is 11.1 Å². The largest absolute Gasteiger partial charge is 0.472 e. The number of amides is 1. The van der Waals surface area contributed by atoms with E-state index in [9.17, 15) is 19.4 Å². The molecule has 0 saturated carbocycles. The molecular formula is C43H81N2O6P. The molecular weight excluding hydrogens is 671 g/mol. The van der Waals surface area contributed by atoms with Crippen LogP contribution in [0, 0.1) is 0 Å². The van der Waals surface area contributed by atoms with Gasteiger partial charge in [-0.2, -0.15) is 0 Å². The molecule has 5 N–H and O–H groups in total. The monoisotopic (exact) mass is 753 g/mol. The third kappa shape index (κ3) is 36.8. The average molecular weight is 753 g/mol. The number of aliphatic hydroxyl groups is 1. The van der Waals surface area contributed by atoms with E-state index < -0.39 is 20.0 Å². The minimum atomic E-state index is -4.34.